The van der Waals surface area contributed by atoms with Crippen molar-refractivity contribution in [1.29, 1.82) is 0 Å². The zero-order chi connectivity index (χ0) is 23.3. The lowest BCUT2D eigenvalue weighted by Crippen LogP contribution is -2.14. The third-order valence-corrected chi connectivity index (χ3v) is 7.43. The first kappa shape index (κ1) is 21.5. The fourth-order valence-corrected chi connectivity index (χ4v) is 5.19. The largest absolute Gasteiger partial charge is 0.352 e. The second-order valence-electron chi connectivity index (χ2n) is 8.24. The van der Waals surface area contributed by atoms with Gasteiger partial charge in [-0.1, -0.05) is 0 Å². The van der Waals surface area contributed by atoms with Crippen LogP contribution in [0.25, 0.3) is 21.7 Å². The number of anilines is 3. The molecule has 4 aromatic rings. The van der Waals surface area contributed by atoms with Crippen molar-refractivity contribution in [2.75, 3.05) is 16.9 Å². The van der Waals surface area contributed by atoms with Crippen LogP contribution in [0, 0.1) is 19.8 Å². The molecule has 1 saturated carbocycles. The van der Waals surface area contributed by atoms with Crippen molar-refractivity contribution in [2.45, 2.75) is 31.6 Å². The Kier molecular flexibility index (Phi) is 5.17. The van der Waals surface area contributed by atoms with Gasteiger partial charge in [-0.3, -0.25) is 4.79 Å². The summed E-state index contributed by atoms with van der Waals surface area (Å²) in [6.45, 7) is 3.70. The molecule has 3 N–H and O–H groups in total. The molecule has 1 aliphatic rings. The molecule has 9 nitrogen and oxygen atoms in total. The molecule has 0 saturated heterocycles. The lowest BCUT2D eigenvalue weighted by atomic mass is 10.2. The highest BCUT2D eigenvalue weighted by atomic mass is 32.2. The van der Waals surface area contributed by atoms with E-state index in [9.17, 15) is 13.2 Å². The van der Waals surface area contributed by atoms with E-state index < -0.39 is 9.84 Å². The van der Waals surface area contributed by atoms with E-state index in [4.69, 9.17) is 0 Å². The van der Waals surface area contributed by atoms with E-state index in [-0.39, 0.29) is 16.7 Å². The van der Waals surface area contributed by atoms with Gasteiger partial charge in [-0.05, 0) is 44.9 Å². The van der Waals surface area contributed by atoms with Gasteiger partial charge in [0.15, 0.2) is 15.5 Å². The van der Waals surface area contributed by atoms with Crippen LogP contribution >= 0.6 is 11.3 Å². The molecule has 1 aromatic carbocycles. The number of fused-ring (bicyclic) bond motifs is 1. The number of nitrogens with zero attached hydrogens (tertiary/aromatic N) is 3. The maximum atomic E-state index is 12.6. The number of sulfone groups is 1. The Morgan fingerprint density at radius 2 is 1.91 bits per heavy atom. The molecule has 170 valence electrons. The number of benzene rings is 1. The fraction of sp³-hybridized carbons (Fsp3) is 0.273. The van der Waals surface area contributed by atoms with Gasteiger partial charge in [0.2, 0.25) is 5.91 Å². The van der Waals surface area contributed by atoms with E-state index >= 15 is 0 Å². The zero-order valence-electron chi connectivity index (χ0n) is 18.3. The molecule has 0 aliphatic heterocycles. The molecule has 0 spiro atoms. The van der Waals surface area contributed by atoms with Gasteiger partial charge in [-0.25, -0.2) is 23.4 Å². The zero-order valence-corrected chi connectivity index (χ0v) is 19.9. The van der Waals surface area contributed by atoms with Crippen LogP contribution in [0.15, 0.2) is 34.5 Å². The molecule has 1 amide bonds. The first-order chi connectivity index (χ1) is 15.7. The molecule has 1 aliphatic carbocycles. The van der Waals surface area contributed by atoms with Crippen LogP contribution in [0.5, 0.6) is 0 Å². The topological polar surface area (TPSA) is 130 Å². The van der Waals surface area contributed by atoms with Crippen LogP contribution in [0.3, 0.4) is 0 Å². The number of carbonyl (C=O) groups is 1. The number of thiazole rings is 1. The molecule has 33 heavy (non-hydrogen) atoms. The standard InChI is InChI=1S/C22H22N6O3S2/c1-11-10-32-22(23-11)14-6-7-15(17(8-14)33(3,30)31)26-16-9-18(28-21(29)13-4-5-13)27-20-19(16)24-12(2)25-20/h6-10,13H,4-5H2,1-3H3,(H3,24,25,26,27,28,29). The van der Waals surface area contributed by atoms with E-state index in [2.05, 4.69) is 30.6 Å². The summed E-state index contributed by atoms with van der Waals surface area (Å²) >= 11 is 1.46. The van der Waals surface area contributed by atoms with E-state index in [1.54, 1.807) is 25.1 Å². The summed E-state index contributed by atoms with van der Waals surface area (Å²) < 4.78 is 25.3. The lowest BCUT2D eigenvalue weighted by molar-refractivity contribution is -0.117. The minimum atomic E-state index is -3.56. The van der Waals surface area contributed by atoms with Crippen molar-refractivity contribution in [2.24, 2.45) is 5.92 Å². The van der Waals surface area contributed by atoms with Gasteiger partial charge in [-0.2, -0.15) is 0 Å². The summed E-state index contributed by atoms with van der Waals surface area (Å²) in [4.78, 5) is 28.9. The fourth-order valence-electron chi connectivity index (χ4n) is 3.54. The minimum Gasteiger partial charge on any atom is -0.352 e. The maximum absolute atomic E-state index is 12.6. The Balaban J connectivity index is 1.57. The van der Waals surface area contributed by atoms with Crippen molar-refractivity contribution < 1.29 is 13.2 Å². The van der Waals surface area contributed by atoms with Crippen LogP contribution < -0.4 is 10.6 Å². The second-order valence-corrected chi connectivity index (χ2v) is 11.1. The van der Waals surface area contributed by atoms with Crippen LogP contribution in [0.4, 0.5) is 17.2 Å². The highest BCUT2D eigenvalue weighted by Gasteiger charge is 2.30. The second kappa shape index (κ2) is 7.92. The summed E-state index contributed by atoms with van der Waals surface area (Å²) in [6.07, 6.45) is 2.93. The molecule has 0 unspecified atom stereocenters. The van der Waals surface area contributed by atoms with Crippen molar-refractivity contribution in [3.8, 4) is 10.6 Å². The number of nitrogens with one attached hydrogen (secondary N) is 3. The van der Waals surface area contributed by atoms with Gasteiger partial charge in [-0.15, -0.1) is 11.3 Å². The van der Waals surface area contributed by atoms with Gasteiger partial charge >= 0.3 is 0 Å². The molecule has 1 fully saturated rings. The number of aryl methyl sites for hydroxylation is 2. The van der Waals surface area contributed by atoms with E-state index in [0.717, 1.165) is 29.1 Å². The third-order valence-electron chi connectivity index (χ3n) is 5.29. The third kappa shape index (κ3) is 4.46. The van der Waals surface area contributed by atoms with E-state index in [1.165, 1.54) is 17.6 Å². The highest BCUT2D eigenvalue weighted by Crippen LogP contribution is 2.35. The number of imidazole rings is 1. The monoisotopic (exact) mass is 482 g/mol. The van der Waals surface area contributed by atoms with Gasteiger partial charge in [0.25, 0.3) is 0 Å². The Morgan fingerprint density at radius 1 is 1.12 bits per heavy atom. The molecular formula is C22H22N6O3S2. The predicted molar refractivity (Wildman–Crippen MR) is 129 cm³/mol. The van der Waals surface area contributed by atoms with Gasteiger partial charge in [0, 0.05) is 34.9 Å². The number of rotatable bonds is 6. The van der Waals surface area contributed by atoms with Crippen molar-refractivity contribution in [1.82, 2.24) is 19.9 Å². The quantitative estimate of drug-likeness (QED) is 0.376. The summed E-state index contributed by atoms with van der Waals surface area (Å²) in [6, 6.07) is 6.85. The average molecular weight is 483 g/mol. The Morgan fingerprint density at radius 3 is 2.58 bits per heavy atom. The smallest absolute Gasteiger partial charge is 0.228 e. The number of hydrogen-bond donors (Lipinski definition) is 3. The van der Waals surface area contributed by atoms with Gasteiger partial charge in [0.05, 0.1) is 16.3 Å². The molecule has 0 atom stereocenters. The molecule has 5 rings (SSSR count). The minimum absolute atomic E-state index is 0.0290. The number of amides is 1. The van der Waals surface area contributed by atoms with Gasteiger partial charge in [0.1, 0.15) is 22.2 Å². The average Bonchev–Trinajstić information content (AvgIpc) is 3.40. The number of carbonyl (C=O) groups excluding carboxylic acids is 1. The van der Waals surface area contributed by atoms with Crippen molar-refractivity contribution in [3.05, 3.63) is 41.2 Å². The summed E-state index contributed by atoms with van der Waals surface area (Å²) in [7, 11) is -3.56. The number of pyridine rings is 1. The number of hydrogen-bond acceptors (Lipinski definition) is 8. The summed E-state index contributed by atoms with van der Waals surface area (Å²) in [5, 5.41) is 8.73. The Labute approximate surface area is 194 Å². The van der Waals surface area contributed by atoms with Crippen LogP contribution in [0.2, 0.25) is 0 Å². The van der Waals surface area contributed by atoms with Crippen molar-refractivity contribution >= 4 is 55.4 Å². The Bertz CT molecular complexity index is 1500. The molecule has 11 heteroatoms. The molecule has 3 heterocycles. The summed E-state index contributed by atoms with van der Waals surface area (Å²) in [5.41, 5.74) is 3.61. The molecule has 0 bridgehead atoms. The normalized spacial score (nSPS) is 13.9. The van der Waals surface area contributed by atoms with Crippen molar-refractivity contribution in [3.63, 3.8) is 0 Å². The number of aromatic amines is 1. The van der Waals surface area contributed by atoms with E-state index in [0.29, 0.717) is 34.2 Å². The number of aromatic nitrogens is 4. The molecule has 0 radical (unpaired) electrons. The highest BCUT2D eigenvalue weighted by molar-refractivity contribution is 7.90. The van der Waals surface area contributed by atoms with E-state index in [1.807, 2.05) is 18.4 Å². The predicted octanol–water partition coefficient (Wildman–Crippen LogP) is 4.19. The van der Waals surface area contributed by atoms with Crippen LogP contribution in [-0.4, -0.2) is 40.5 Å². The number of H-pyrrole nitrogens is 1. The maximum Gasteiger partial charge on any atom is 0.228 e. The summed E-state index contributed by atoms with van der Waals surface area (Å²) in [5.74, 6) is 0.996. The molecular weight excluding hydrogens is 460 g/mol. The first-order valence-electron chi connectivity index (χ1n) is 10.4. The SMILES string of the molecule is Cc1csc(-c2ccc(Nc3cc(NC(=O)C4CC4)nc4[nH]c(C)nc34)c(S(C)(=O)=O)c2)n1. The van der Waals surface area contributed by atoms with Crippen LogP contribution in [0.1, 0.15) is 24.4 Å². The Hall–Kier alpha value is -3.31. The van der Waals surface area contributed by atoms with Gasteiger partial charge < -0.3 is 15.6 Å². The lowest BCUT2D eigenvalue weighted by Gasteiger charge is -2.14. The first-order valence-corrected chi connectivity index (χ1v) is 13.2. The van der Waals surface area contributed by atoms with Crippen LogP contribution in [-0.2, 0) is 14.6 Å². The molecule has 3 aromatic heterocycles.